The molecule has 2 N–H and O–H groups in total. The third kappa shape index (κ3) is 4.09. The van der Waals surface area contributed by atoms with Gasteiger partial charge in [-0.2, -0.15) is 0 Å². The molecule has 1 amide bonds. The first-order valence-electron chi connectivity index (χ1n) is 6.33. The predicted octanol–water partition coefficient (Wildman–Crippen LogP) is 0.683. The van der Waals surface area contributed by atoms with E-state index in [1.165, 1.54) is 0 Å². The summed E-state index contributed by atoms with van der Waals surface area (Å²) in [6, 6.07) is 7.60. The Labute approximate surface area is 112 Å². The van der Waals surface area contributed by atoms with Gasteiger partial charge in [-0.3, -0.25) is 4.79 Å². The summed E-state index contributed by atoms with van der Waals surface area (Å²) in [4.78, 5) is 11.8. The van der Waals surface area contributed by atoms with Crippen LogP contribution in [-0.4, -0.2) is 30.8 Å². The highest BCUT2D eigenvalue weighted by molar-refractivity contribution is 5.78. The van der Waals surface area contributed by atoms with Crippen LogP contribution in [0.2, 0.25) is 0 Å². The van der Waals surface area contributed by atoms with Crippen molar-refractivity contribution in [3.8, 4) is 11.8 Å². The van der Waals surface area contributed by atoms with Gasteiger partial charge in [0.25, 0.3) is 0 Å². The molecule has 0 aromatic heterocycles. The first kappa shape index (κ1) is 13.6. The first-order chi connectivity index (χ1) is 9.29. The maximum absolute atomic E-state index is 11.8. The lowest BCUT2D eigenvalue weighted by Crippen LogP contribution is -2.30. The number of nitrogens with one attached hydrogen (secondary N) is 1. The summed E-state index contributed by atoms with van der Waals surface area (Å²) in [5.41, 5.74) is 1.88. The van der Waals surface area contributed by atoms with Crippen LogP contribution >= 0.6 is 0 Å². The topological polar surface area (TPSA) is 58.6 Å². The number of benzene rings is 1. The van der Waals surface area contributed by atoms with E-state index in [1.54, 1.807) is 0 Å². The van der Waals surface area contributed by atoms with Crippen molar-refractivity contribution in [3.05, 3.63) is 35.4 Å². The van der Waals surface area contributed by atoms with Crippen molar-refractivity contribution in [2.24, 2.45) is 5.92 Å². The minimum Gasteiger partial charge on any atom is -0.384 e. The molecule has 0 aliphatic carbocycles. The smallest absolute Gasteiger partial charge is 0.225 e. The molecular formula is C15H17NO3. The van der Waals surface area contributed by atoms with Gasteiger partial charge in [-0.15, -0.1) is 0 Å². The van der Waals surface area contributed by atoms with Gasteiger partial charge in [0.1, 0.15) is 6.61 Å². The van der Waals surface area contributed by atoms with Crippen LogP contribution in [0, 0.1) is 17.8 Å². The third-order valence-corrected chi connectivity index (χ3v) is 3.03. The van der Waals surface area contributed by atoms with Crippen molar-refractivity contribution in [2.75, 3.05) is 19.8 Å². The van der Waals surface area contributed by atoms with Gasteiger partial charge in [-0.25, -0.2) is 0 Å². The fraction of sp³-hybridized carbons (Fsp3) is 0.400. The van der Waals surface area contributed by atoms with Crippen molar-refractivity contribution in [3.63, 3.8) is 0 Å². The number of carbonyl (C=O) groups is 1. The minimum atomic E-state index is -0.138. The zero-order chi connectivity index (χ0) is 13.5. The third-order valence-electron chi connectivity index (χ3n) is 3.03. The van der Waals surface area contributed by atoms with E-state index in [2.05, 4.69) is 17.2 Å². The normalized spacial score (nSPS) is 17.6. The second kappa shape index (κ2) is 6.93. The van der Waals surface area contributed by atoms with Gasteiger partial charge >= 0.3 is 0 Å². The maximum atomic E-state index is 11.8. The molecule has 19 heavy (non-hydrogen) atoms. The van der Waals surface area contributed by atoms with E-state index in [9.17, 15) is 4.79 Å². The SMILES string of the molecule is O=C(NCc1ccc(C#CCO)cc1)C1CCOC1. The van der Waals surface area contributed by atoms with Gasteiger partial charge in [-0.05, 0) is 24.1 Å². The summed E-state index contributed by atoms with van der Waals surface area (Å²) in [6.07, 6.45) is 0.807. The quantitative estimate of drug-likeness (QED) is 0.785. The Kier molecular flexibility index (Phi) is 4.96. The van der Waals surface area contributed by atoms with Crippen molar-refractivity contribution in [1.82, 2.24) is 5.32 Å². The molecule has 1 aromatic rings. The van der Waals surface area contributed by atoms with Gasteiger partial charge < -0.3 is 15.2 Å². The lowest BCUT2D eigenvalue weighted by Gasteiger charge is -2.09. The fourth-order valence-electron chi connectivity index (χ4n) is 1.92. The summed E-state index contributed by atoms with van der Waals surface area (Å²) in [7, 11) is 0. The number of hydrogen-bond acceptors (Lipinski definition) is 3. The number of carbonyl (C=O) groups excluding carboxylic acids is 1. The number of hydrogen-bond donors (Lipinski definition) is 2. The van der Waals surface area contributed by atoms with E-state index < -0.39 is 0 Å². The standard InChI is InChI=1S/C15H17NO3/c17-8-1-2-12-3-5-13(6-4-12)10-16-15(18)14-7-9-19-11-14/h3-6,14,17H,7-11H2,(H,16,18). The molecule has 4 heteroatoms. The molecule has 0 bridgehead atoms. The van der Waals surface area contributed by atoms with Crippen LogP contribution in [0.1, 0.15) is 17.5 Å². The molecule has 0 spiro atoms. The molecular weight excluding hydrogens is 242 g/mol. The summed E-state index contributed by atoms with van der Waals surface area (Å²) >= 11 is 0. The summed E-state index contributed by atoms with van der Waals surface area (Å²) < 4.78 is 5.19. The second-order valence-electron chi connectivity index (χ2n) is 4.44. The monoisotopic (exact) mass is 259 g/mol. The Balaban J connectivity index is 1.84. The Morgan fingerprint density at radius 3 is 2.84 bits per heavy atom. The van der Waals surface area contributed by atoms with Crippen molar-refractivity contribution >= 4 is 5.91 Å². The van der Waals surface area contributed by atoms with Gasteiger partial charge in [0, 0.05) is 18.7 Å². The van der Waals surface area contributed by atoms with Gasteiger partial charge in [-0.1, -0.05) is 24.0 Å². The van der Waals surface area contributed by atoms with E-state index in [-0.39, 0.29) is 18.4 Å². The molecule has 1 unspecified atom stereocenters. The van der Waals surface area contributed by atoms with E-state index in [1.807, 2.05) is 24.3 Å². The molecule has 1 saturated heterocycles. The van der Waals surface area contributed by atoms with Crippen LogP contribution < -0.4 is 5.32 Å². The predicted molar refractivity (Wildman–Crippen MR) is 71.2 cm³/mol. The Bertz CT molecular complexity index is 478. The van der Waals surface area contributed by atoms with E-state index >= 15 is 0 Å². The van der Waals surface area contributed by atoms with Crippen LogP contribution in [0.4, 0.5) is 0 Å². The second-order valence-corrected chi connectivity index (χ2v) is 4.44. The average molecular weight is 259 g/mol. The highest BCUT2D eigenvalue weighted by Gasteiger charge is 2.22. The zero-order valence-electron chi connectivity index (χ0n) is 10.7. The maximum Gasteiger partial charge on any atom is 0.225 e. The Morgan fingerprint density at radius 1 is 1.42 bits per heavy atom. The molecule has 1 fully saturated rings. The molecule has 2 rings (SSSR count). The van der Waals surface area contributed by atoms with Gasteiger partial charge in [0.15, 0.2) is 0 Å². The molecule has 0 saturated carbocycles. The molecule has 1 aliphatic heterocycles. The first-order valence-corrected chi connectivity index (χ1v) is 6.33. The lowest BCUT2D eigenvalue weighted by atomic mass is 10.1. The van der Waals surface area contributed by atoms with Crippen LogP contribution in [-0.2, 0) is 16.1 Å². The molecule has 1 atom stereocenters. The van der Waals surface area contributed by atoms with Gasteiger partial charge in [0.2, 0.25) is 5.91 Å². The van der Waals surface area contributed by atoms with Crippen LogP contribution in [0.15, 0.2) is 24.3 Å². The van der Waals surface area contributed by atoms with Gasteiger partial charge in [0.05, 0.1) is 12.5 Å². The minimum absolute atomic E-state index is 0.00491. The van der Waals surface area contributed by atoms with Crippen LogP contribution in [0.3, 0.4) is 0 Å². The molecule has 0 radical (unpaired) electrons. The summed E-state index contributed by atoms with van der Waals surface area (Å²) in [5, 5.41) is 11.5. The molecule has 100 valence electrons. The number of amides is 1. The molecule has 1 heterocycles. The molecule has 1 aromatic carbocycles. The van der Waals surface area contributed by atoms with E-state index in [0.29, 0.717) is 19.8 Å². The van der Waals surface area contributed by atoms with Crippen molar-refractivity contribution in [1.29, 1.82) is 0 Å². The fourth-order valence-corrected chi connectivity index (χ4v) is 1.92. The van der Waals surface area contributed by atoms with Crippen molar-refractivity contribution in [2.45, 2.75) is 13.0 Å². The molecule has 4 nitrogen and oxygen atoms in total. The highest BCUT2D eigenvalue weighted by Crippen LogP contribution is 2.12. The number of rotatable bonds is 3. The average Bonchev–Trinajstić information content (AvgIpc) is 2.98. The Hall–Kier alpha value is -1.83. The zero-order valence-corrected chi connectivity index (χ0v) is 10.7. The van der Waals surface area contributed by atoms with E-state index in [0.717, 1.165) is 17.5 Å². The van der Waals surface area contributed by atoms with Crippen molar-refractivity contribution < 1.29 is 14.6 Å². The molecule has 1 aliphatic rings. The summed E-state index contributed by atoms with van der Waals surface area (Å²) in [6.45, 7) is 1.59. The highest BCUT2D eigenvalue weighted by atomic mass is 16.5. The largest absolute Gasteiger partial charge is 0.384 e. The number of ether oxygens (including phenoxy) is 1. The Morgan fingerprint density at radius 2 is 2.21 bits per heavy atom. The summed E-state index contributed by atoms with van der Waals surface area (Å²) in [5.74, 6) is 5.47. The number of aliphatic hydroxyl groups excluding tert-OH is 1. The lowest BCUT2D eigenvalue weighted by molar-refractivity contribution is -0.125. The van der Waals surface area contributed by atoms with E-state index in [4.69, 9.17) is 9.84 Å². The van der Waals surface area contributed by atoms with Crippen LogP contribution in [0.25, 0.3) is 0 Å². The van der Waals surface area contributed by atoms with Crippen LogP contribution in [0.5, 0.6) is 0 Å². The number of aliphatic hydroxyl groups is 1.